The van der Waals surface area contributed by atoms with Gasteiger partial charge >= 0.3 is 18.5 Å². The number of hydrogen-bond donors (Lipinski definition) is 1. The highest BCUT2D eigenvalue weighted by molar-refractivity contribution is 7.99. The van der Waals surface area contributed by atoms with Crippen molar-refractivity contribution in [2.24, 2.45) is 4.99 Å². The largest absolute Gasteiger partial charge is 0.487 e. The van der Waals surface area contributed by atoms with Crippen LogP contribution in [0.4, 0.5) is 30.7 Å². The zero-order chi connectivity index (χ0) is 22.4. The van der Waals surface area contributed by atoms with Gasteiger partial charge in [0.25, 0.3) is 0 Å². The van der Waals surface area contributed by atoms with Crippen molar-refractivity contribution >= 4 is 23.2 Å². The average Bonchev–Trinajstić information content (AvgIpc) is 2.70. The van der Waals surface area contributed by atoms with Gasteiger partial charge in [-0.25, -0.2) is 8.78 Å². The summed E-state index contributed by atoms with van der Waals surface area (Å²) >= 11 is 1.64. The van der Waals surface area contributed by atoms with Crippen molar-refractivity contribution in [2.75, 3.05) is 26.0 Å². The Morgan fingerprint density at radius 1 is 1.23 bits per heavy atom. The first-order chi connectivity index (χ1) is 14.0. The van der Waals surface area contributed by atoms with E-state index in [9.17, 15) is 30.7 Å². The van der Waals surface area contributed by atoms with Gasteiger partial charge in [0.1, 0.15) is 11.6 Å². The van der Waals surface area contributed by atoms with Crippen LogP contribution in [0.3, 0.4) is 0 Å². The molecule has 0 bridgehead atoms. The monoisotopic (exact) mass is 456 g/mol. The van der Waals surface area contributed by atoms with Crippen molar-refractivity contribution in [1.29, 1.82) is 0 Å². The summed E-state index contributed by atoms with van der Waals surface area (Å²) in [5, 5.41) is 3.32. The van der Waals surface area contributed by atoms with Crippen LogP contribution in [0.25, 0.3) is 5.57 Å². The first kappa shape index (κ1) is 24.1. The Morgan fingerprint density at radius 2 is 1.90 bits per heavy atom. The molecular weight excluding hydrogens is 437 g/mol. The number of thioether (sulfide) groups is 1. The van der Waals surface area contributed by atoms with Gasteiger partial charge in [0, 0.05) is 11.8 Å². The molecule has 0 aliphatic carbocycles. The fourth-order valence-corrected chi connectivity index (χ4v) is 2.85. The molecule has 0 spiro atoms. The standard InChI is InChI=1S/C19H19F7N2OS/c1-30-14-9-27-16(28-10-14)4-2-3-15(19(24,25)26)12-5-7-13(8-6-12)29-11-18(22,23)17(20)21/h2-8,14,17H,9-11H2,1H3,(H,27,28). The highest BCUT2D eigenvalue weighted by atomic mass is 32.2. The van der Waals surface area contributed by atoms with Crippen molar-refractivity contribution in [3.05, 3.63) is 48.1 Å². The third-order valence-electron chi connectivity index (χ3n) is 4.05. The molecule has 1 aliphatic rings. The highest BCUT2D eigenvalue weighted by Crippen LogP contribution is 2.35. The lowest BCUT2D eigenvalue weighted by Gasteiger charge is -2.19. The van der Waals surface area contributed by atoms with Gasteiger partial charge < -0.3 is 10.1 Å². The van der Waals surface area contributed by atoms with Crippen molar-refractivity contribution in [3.63, 3.8) is 0 Å². The quantitative estimate of drug-likeness (QED) is 0.431. The van der Waals surface area contributed by atoms with E-state index >= 15 is 0 Å². The SMILES string of the molecule is CSC1CN=C(C=CC=C(c2ccc(OCC(F)(F)C(F)F)cc2)C(F)(F)F)NC1. The van der Waals surface area contributed by atoms with E-state index in [4.69, 9.17) is 0 Å². The molecule has 166 valence electrons. The molecule has 1 aromatic rings. The molecule has 11 heteroatoms. The number of hydrogen-bond acceptors (Lipinski definition) is 4. The van der Waals surface area contributed by atoms with Crippen LogP contribution in [0.5, 0.6) is 5.75 Å². The number of nitrogens with zero attached hydrogens (tertiary/aromatic N) is 1. The number of alkyl halides is 7. The smallest absolute Gasteiger partial charge is 0.416 e. The fourth-order valence-electron chi connectivity index (χ4n) is 2.37. The Hall–Kier alpha value is -2.17. The second-order valence-electron chi connectivity index (χ2n) is 6.28. The van der Waals surface area contributed by atoms with Crippen LogP contribution >= 0.6 is 11.8 Å². The van der Waals surface area contributed by atoms with Crippen molar-refractivity contribution in [1.82, 2.24) is 5.32 Å². The maximum atomic E-state index is 13.4. The summed E-state index contributed by atoms with van der Waals surface area (Å²) in [6, 6.07) is 4.05. The van der Waals surface area contributed by atoms with Crippen LogP contribution in [-0.4, -0.2) is 55.6 Å². The van der Waals surface area contributed by atoms with E-state index in [-0.39, 0.29) is 11.3 Å². The first-order valence-corrected chi connectivity index (χ1v) is 9.97. The van der Waals surface area contributed by atoms with Crippen molar-refractivity contribution in [3.8, 4) is 5.75 Å². The Labute approximate surface area is 173 Å². The van der Waals surface area contributed by atoms with E-state index in [1.807, 2.05) is 6.26 Å². The summed E-state index contributed by atoms with van der Waals surface area (Å²) in [4.78, 5) is 4.23. The molecule has 0 saturated carbocycles. The van der Waals surface area contributed by atoms with Crippen molar-refractivity contribution < 1.29 is 35.5 Å². The van der Waals surface area contributed by atoms with Gasteiger partial charge in [0.2, 0.25) is 0 Å². The summed E-state index contributed by atoms with van der Waals surface area (Å²) in [5.74, 6) is -4.13. The normalized spacial score (nSPS) is 18.5. The molecule has 1 N–H and O–H groups in total. The maximum absolute atomic E-state index is 13.4. The third kappa shape index (κ3) is 6.96. The van der Waals surface area contributed by atoms with Gasteiger partial charge in [-0.3, -0.25) is 4.99 Å². The number of allylic oxidation sites excluding steroid dienone is 3. The van der Waals surface area contributed by atoms with E-state index in [0.29, 0.717) is 24.2 Å². The number of aliphatic imine (C=N–C) groups is 1. The number of amidine groups is 1. The molecule has 0 saturated heterocycles. The molecule has 1 aliphatic heterocycles. The minimum absolute atomic E-state index is 0.235. The number of rotatable bonds is 8. The van der Waals surface area contributed by atoms with E-state index in [1.54, 1.807) is 11.8 Å². The van der Waals surface area contributed by atoms with E-state index < -0.39 is 30.7 Å². The number of nitrogens with one attached hydrogen (secondary N) is 1. The van der Waals surface area contributed by atoms with Gasteiger partial charge in [-0.1, -0.05) is 18.2 Å². The lowest BCUT2D eigenvalue weighted by molar-refractivity contribution is -0.148. The lowest BCUT2D eigenvalue weighted by Crippen LogP contribution is -2.36. The summed E-state index contributed by atoms with van der Waals surface area (Å²) in [6.07, 6.45) is -3.14. The molecule has 0 fully saturated rings. The van der Waals surface area contributed by atoms with Crippen LogP contribution in [-0.2, 0) is 0 Å². The third-order valence-corrected chi connectivity index (χ3v) is 5.03. The van der Waals surface area contributed by atoms with E-state index in [2.05, 4.69) is 15.0 Å². The van der Waals surface area contributed by atoms with Crippen LogP contribution in [0.15, 0.2) is 47.5 Å². The Balaban J connectivity index is 2.11. The first-order valence-electron chi connectivity index (χ1n) is 8.69. The van der Waals surface area contributed by atoms with Crippen LogP contribution in [0.2, 0.25) is 0 Å². The van der Waals surface area contributed by atoms with Gasteiger partial charge in [0.05, 0.1) is 12.1 Å². The maximum Gasteiger partial charge on any atom is 0.416 e. The number of halogens is 7. The van der Waals surface area contributed by atoms with Gasteiger partial charge in [-0.15, -0.1) is 0 Å². The molecule has 1 atom stereocenters. The number of benzene rings is 1. The Bertz CT molecular complexity index is 789. The second kappa shape index (κ2) is 10.2. The molecule has 30 heavy (non-hydrogen) atoms. The predicted octanol–water partition coefficient (Wildman–Crippen LogP) is 5.20. The lowest BCUT2D eigenvalue weighted by atomic mass is 10.0. The summed E-state index contributed by atoms with van der Waals surface area (Å²) < 4.78 is 94.7. The Kier molecular flexibility index (Phi) is 8.22. The van der Waals surface area contributed by atoms with Gasteiger partial charge in [-0.2, -0.15) is 33.7 Å². The topological polar surface area (TPSA) is 33.6 Å². The molecule has 1 aromatic carbocycles. The van der Waals surface area contributed by atoms with Crippen LogP contribution < -0.4 is 10.1 Å². The average molecular weight is 456 g/mol. The minimum Gasteiger partial charge on any atom is -0.487 e. The zero-order valence-electron chi connectivity index (χ0n) is 15.7. The second-order valence-corrected chi connectivity index (χ2v) is 7.41. The van der Waals surface area contributed by atoms with Crippen LogP contribution in [0.1, 0.15) is 5.56 Å². The van der Waals surface area contributed by atoms with Gasteiger partial charge in [-0.05, 0) is 36.1 Å². The molecule has 1 heterocycles. The summed E-state index contributed by atoms with van der Waals surface area (Å²) in [7, 11) is 0. The van der Waals surface area contributed by atoms with E-state index in [0.717, 1.165) is 30.3 Å². The summed E-state index contributed by atoms with van der Waals surface area (Å²) in [5.41, 5.74) is -1.21. The fraction of sp³-hybridized carbons (Fsp3) is 0.421. The molecule has 0 aromatic heterocycles. The molecule has 1 unspecified atom stereocenters. The molecule has 0 amide bonds. The minimum atomic E-state index is -4.68. The molecule has 3 nitrogen and oxygen atoms in total. The van der Waals surface area contributed by atoms with Crippen LogP contribution in [0, 0.1) is 0 Å². The van der Waals surface area contributed by atoms with Crippen molar-refractivity contribution in [2.45, 2.75) is 23.8 Å². The van der Waals surface area contributed by atoms with E-state index in [1.165, 1.54) is 12.2 Å². The molecule has 0 radical (unpaired) electrons. The summed E-state index contributed by atoms with van der Waals surface area (Å²) in [6.45, 7) is -0.358. The highest BCUT2D eigenvalue weighted by Gasteiger charge is 2.41. The number of ether oxygens (including phenoxy) is 1. The predicted molar refractivity (Wildman–Crippen MR) is 104 cm³/mol. The van der Waals surface area contributed by atoms with Gasteiger partial charge in [0.15, 0.2) is 6.61 Å². The molecule has 2 rings (SSSR count). The molecular formula is C19H19F7N2OS. The Morgan fingerprint density at radius 3 is 2.40 bits per heavy atom. The zero-order valence-corrected chi connectivity index (χ0v) is 16.5.